The first-order valence-electron chi connectivity index (χ1n) is 17.2. The minimum atomic E-state index is -0.797. The molecule has 12 heteroatoms. The van der Waals surface area contributed by atoms with Crippen LogP contribution >= 0.6 is 45.2 Å². The molecule has 54 heavy (non-hydrogen) atoms. The minimum absolute atomic E-state index is 0.334. The monoisotopic (exact) mass is 958 g/mol. The largest absolute Gasteiger partial charge is 0.514 e. The Morgan fingerprint density at radius 1 is 0.537 bits per heavy atom. The lowest BCUT2D eigenvalue weighted by atomic mass is 9.78. The van der Waals surface area contributed by atoms with E-state index in [1.807, 2.05) is 48.5 Å². The van der Waals surface area contributed by atoms with E-state index in [-0.39, 0.29) is 5.92 Å². The van der Waals surface area contributed by atoms with Gasteiger partial charge in [0.2, 0.25) is 0 Å². The van der Waals surface area contributed by atoms with Crippen molar-refractivity contribution in [2.45, 2.75) is 85.0 Å². The van der Waals surface area contributed by atoms with E-state index in [9.17, 15) is 14.4 Å². The van der Waals surface area contributed by atoms with Crippen LogP contribution in [0, 0.1) is 7.14 Å². The third kappa shape index (κ3) is 9.13. The van der Waals surface area contributed by atoms with Crippen molar-refractivity contribution in [1.82, 2.24) is 0 Å². The molecule has 1 heterocycles. The number of benzene rings is 5. The van der Waals surface area contributed by atoms with E-state index in [4.69, 9.17) is 33.2 Å². The number of ether oxygens (including phenoxy) is 7. The molecule has 10 nitrogen and oxygen atoms in total. The fraction of sp³-hybridized carbons (Fsp3) is 0.310. The van der Waals surface area contributed by atoms with Gasteiger partial charge < -0.3 is 33.2 Å². The molecule has 5 aromatic carbocycles. The van der Waals surface area contributed by atoms with Gasteiger partial charge in [-0.1, -0.05) is 24.3 Å². The second-order valence-corrected chi connectivity index (χ2v) is 18.1. The summed E-state index contributed by atoms with van der Waals surface area (Å²) in [5, 5.41) is 3.38. The molecule has 0 bridgehead atoms. The molecule has 0 aromatic heterocycles. The topological polar surface area (TPSA) is 116 Å². The smallest absolute Gasteiger partial charge is 0.457 e. The van der Waals surface area contributed by atoms with Gasteiger partial charge in [0.25, 0.3) is 0 Å². The van der Waals surface area contributed by atoms with Gasteiger partial charge in [-0.3, -0.25) is 0 Å². The molecule has 5 aromatic rings. The molecule has 0 saturated heterocycles. The summed E-state index contributed by atoms with van der Waals surface area (Å²) in [6.45, 7) is 16.0. The van der Waals surface area contributed by atoms with Crippen molar-refractivity contribution in [3.63, 3.8) is 0 Å². The Balaban J connectivity index is 1.50. The van der Waals surface area contributed by atoms with E-state index in [0.29, 0.717) is 35.9 Å². The SMILES string of the molecule is CC(C)(C)OC(=O)Oc1ccc2c3c(ccc2c1)Oc1ccc2cc(OC(=O)OC(C)(C)C)ccc2c1C3c1cc(I)c(OC(=O)OC(C)(C)C)c(I)c1. The molecule has 1 aliphatic heterocycles. The van der Waals surface area contributed by atoms with Crippen LogP contribution in [0.4, 0.5) is 14.4 Å². The van der Waals surface area contributed by atoms with Gasteiger partial charge in [0.15, 0.2) is 5.75 Å². The molecule has 0 radical (unpaired) electrons. The summed E-state index contributed by atoms with van der Waals surface area (Å²) >= 11 is 4.35. The van der Waals surface area contributed by atoms with Crippen molar-refractivity contribution in [1.29, 1.82) is 0 Å². The van der Waals surface area contributed by atoms with Gasteiger partial charge in [-0.25, -0.2) is 14.4 Å². The Labute approximate surface area is 341 Å². The van der Waals surface area contributed by atoms with Crippen molar-refractivity contribution in [2.75, 3.05) is 0 Å². The first-order valence-corrected chi connectivity index (χ1v) is 19.3. The van der Waals surface area contributed by atoms with Gasteiger partial charge in [0, 0.05) is 17.0 Å². The zero-order valence-corrected chi connectivity index (χ0v) is 35.7. The molecule has 0 aliphatic carbocycles. The van der Waals surface area contributed by atoms with Crippen molar-refractivity contribution in [3.8, 4) is 28.7 Å². The van der Waals surface area contributed by atoms with E-state index < -0.39 is 35.3 Å². The van der Waals surface area contributed by atoms with Gasteiger partial charge in [0.05, 0.1) is 7.14 Å². The molecule has 1 aliphatic rings. The summed E-state index contributed by atoms with van der Waals surface area (Å²) in [4.78, 5) is 37.8. The Kier molecular flexibility index (Phi) is 10.7. The number of halogens is 2. The number of fused-ring (bicyclic) bond motifs is 6. The van der Waals surface area contributed by atoms with Gasteiger partial charge >= 0.3 is 18.5 Å². The van der Waals surface area contributed by atoms with E-state index in [1.165, 1.54) is 0 Å². The third-order valence-corrected chi connectivity index (χ3v) is 9.50. The highest BCUT2D eigenvalue weighted by atomic mass is 127. The van der Waals surface area contributed by atoms with E-state index in [0.717, 1.165) is 38.2 Å². The average molecular weight is 959 g/mol. The summed E-state index contributed by atoms with van der Waals surface area (Å²) < 4.78 is 41.0. The quantitative estimate of drug-likeness (QED) is 0.0732. The molecule has 0 spiro atoms. The predicted molar refractivity (Wildman–Crippen MR) is 221 cm³/mol. The van der Waals surface area contributed by atoms with E-state index >= 15 is 0 Å². The van der Waals surface area contributed by atoms with Crippen LogP contribution in [0.25, 0.3) is 21.5 Å². The molecular formula is C42H40I2O10. The standard InChI is InChI=1S/C42H40I2O10/c1-40(2,3)52-37(45)48-25-12-14-27-22(18-25)10-16-31-34(27)33(24-20-29(43)36(30(44)21-24)51-39(47)54-42(7,8)9)35-28-15-13-26(49-38(46)53-41(4,5)6)19-23(28)11-17-32(35)50-31/h10-21,33H,1-9H3. The van der Waals surface area contributed by atoms with Gasteiger partial charge in [-0.2, -0.15) is 0 Å². The highest BCUT2D eigenvalue weighted by Gasteiger charge is 2.34. The second kappa shape index (κ2) is 14.7. The van der Waals surface area contributed by atoms with Crippen molar-refractivity contribution in [3.05, 3.63) is 96.6 Å². The van der Waals surface area contributed by atoms with Crippen LogP contribution < -0.4 is 18.9 Å². The van der Waals surface area contributed by atoms with Crippen LogP contribution in [0.2, 0.25) is 0 Å². The number of rotatable bonds is 4. The minimum Gasteiger partial charge on any atom is -0.457 e. The lowest BCUT2D eigenvalue weighted by Gasteiger charge is -2.31. The lowest BCUT2D eigenvalue weighted by Crippen LogP contribution is -2.26. The molecule has 6 rings (SSSR count). The van der Waals surface area contributed by atoms with E-state index in [2.05, 4.69) is 45.2 Å². The highest BCUT2D eigenvalue weighted by Crippen LogP contribution is 2.53. The summed E-state index contributed by atoms with van der Waals surface area (Å²) in [5.74, 6) is 1.99. The van der Waals surface area contributed by atoms with Crippen LogP contribution in [0.15, 0.2) is 72.8 Å². The van der Waals surface area contributed by atoms with Crippen LogP contribution in [0.3, 0.4) is 0 Å². The molecule has 282 valence electrons. The van der Waals surface area contributed by atoms with Crippen LogP contribution in [0.5, 0.6) is 28.7 Å². The van der Waals surface area contributed by atoms with Crippen molar-refractivity contribution < 1.29 is 47.5 Å². The molecular weight excluding hydrogens is 918 g/mol. The fourth-order valence-electron chi connectivity index (χ4n) is 6.05. The summed E-state index contributed by atoms with van der Waals surface area (Å²) in [6, 6.07) is 22.5. The Morgan fingerprint density at radius 3 is 1.31 bits per heavy atom. The zero-order valence-electron chi connectivity index (χ0n) is 31.3. The maximum Gasteiger partial charge on any atom is 0.514 e. The fourth-order valence-corrected chi connectivity index (χ4v) is 8.09. The van der Waals surface area contributed by atoms with Gasteiger partial charge in [-0.15, -0.1) is 0 Å². The summed E-state index contributed by atoms with van der Waals surface area (Å²) in [5.41, 5.74) is 0.545. The number of carbonyl (C=O) groups is 3. The maximum atomic E-state index is 12.7. The molecule has 0 N–H and O–H groups in total. The number of carbonyl (C=O) groups excluding carboxylic acids is 3. The molecule has 0 amide bonds. The zero-order chi connectivity index (χ0) is 39.3. The average Bonchev–Trinajstić information content (AvgIpc) is 3.02. The molecule has 0 fully saturated rings. The normalized spacial score (nSPS) is 13.0. The molecule has 0 atom stereocenters. The summed E-state index contributed by atoms with van der Waals surface area (Å²) in [6.07, 6.45) is -2.39. The summed E-state index contributed by atoms with van der Waals surface area (Å²) in [7, 11) is 0. The predicted octanol–water partition coefficient (Wildman–Crippen LogP) is 12.4. The van der Waals surface area contributed by atoms with Gasteiger partial charge in [0.1, 0.15) is 39.8 Å². The third-order valence-electron chi connectivity index (χ3n) is 7.89. The lowest BCUT2D eigenvalue weighted by molar-refractivity contribution is 0.0190. The molecule has 0 unspecified atom stereocenters. The van der Waals surface area contributed by atoms with Crippen LogP contribution in [-0.4, -0.2) is 35.3 Å². The first-order chi connectivity index (χ1) is 25.1. The Morgan fingerprint density at radius 2 is 0.926 bits per heavy atom. The maximum absolute atomic E-state index is 12.7. The second-order valence-electron chi connectivity index (χ2n) is 15.8. The van der Waals surface area contributed by atoms with Crippen LogP contribution in [0.1, 0.15) is 84.9 Å². The van der Waals surface area contributed by atoms with Gasteiger partial charge in [-0.05, 0) is 183 Å². The number of hydrogen-bond acceptors (Lipinski definition) is 10. The first kappa shape index (κ1) is 39.4. The highest BCUT2D eigenvalue weighted by molar-refractivity contribution is 14.1. The van der Waals surface area contributed by atoms with Crippen molar-refractivity contribution >= 4 is 85.2 Å². The Hall–Kier alpha value is -4.31. The van der Waals surface area contributed by atoms with E-state index in [1.54, 1.807) is 86.6 Å². The van der Waals surface area contributed by atoms with Crippen molar-refractivity contribution in [2.24, 2.45) is 0 Å². The van der Waals surface area contributed by atoms with Crippen LogP contribution in [-0.2, 0) is 14.2 Å². The molecule has 0 saturated carbocycles. The Bertz CT molecular complexity index is 2170. The number of hydrogen-bond donors (Lipinski definition) is 0.